The molecule has 3 aromatic rings. The fraction of sp³-hybridized carbons (Fsp3) is 0.240. The van der Waals surface area contributed by atoms with E-state index in [1.165, 1.54) is 27.8 Å². The second-order valence-electron chi connectivity index (χ2n) is 8.32. The van der Waals surface area contributed by atoms with E-state index >= 15 is 0 Å². The van der Waals surface area contributed by atoms with E-state index in [0.29, 0.717) is 12.1 Å². The van der Waals surface area contributed by atoms with E-state index in [2.05, 4.69) is 41.3 Å². The third-order valence-corrected chi connectivity index (χ3v) is 7.01. The maximum absolute atomic E-state index is 14.9. The van der Waals surface area contributed by atoms with Crippen LogP contribution in [0.25, 0.3) is 0 Å². The average Bonchev–Trinajstić information content (AvgIpc) is 2.97. The first kappa shape index (κ1) is 16.8. The quantitative estimate of drug-likeness (QED) is 0.574. The molecule has 0 saturated heterocycles. The van der Waals surface area contributed by atoms with Crippen molar-refractivity contribution >= 4 is 17.3 Å². The number of halogens is 1. The van der Waals surface area contributed by atoms with Crippen LogP contribution in [0.5, 0.6) is 0 Å². The van der Waals surface area contributed by atoms with Crippen LogP contribution >= 0.6 is 0 Å². The summed E-state index contributed by atoms with van der Waals surface area (Å²) in [6.45, 7) is 0.849. The standard InChI is InChI=1S/C25H21FN2O/c1-27-22-19(10-6-11-20(22)26)25(24(27)29)15-17-8-3-5-12-21(17)28-14-13-16-7-2-4-9-18(16)23(25)28/h2-12,23H,13-15H2,1H3/t23-,25-/m0/s1. The largest absolute Gasteiger partial charge is 0.362 e. The van der Waals surface area contributed by atoms with Gasteiger partial charge in [0, 0.05) is 19.3 Å². The number of anilines is 2. The summed E-state index contributed by atoms with van der Waals surface area (Å²) in [4.78, 5) is 17.8. The van der Waals surface area contributed by atoms with Crippen LogP contribution in [0.4, 0.5) is 15.8 Å². The van der Waals surface area contributed by atoms with Crippen molar-refractivity contribution in [2.75, 3.05) is 23.4 Å². The molecule has 0 aliphatic carbocycles. The van der Waals surface area contributed by atoms with E-state index in [0.717, 1.165) is 24.1 Å². The number of carbonyl (C=O) groups excluding carboxylic acids is 1. The van der Waals surface area contributed by atoms with Crippen LogP contribution in [-0.4, -0.2) is 19.5 Å². The minimum absolute atomic E-state index is 0.0150. The number of benzene rings is 3. The average molecular weight is 384 g/mol. The second-order valence-corrected chi connectivity index (χ2v) is 8.32. The van der Waals surface area contributed by atoms with Gasteiger partial charge in [0.25, 0.3) is 0 Å². The highest BCUT2D eigenvalue weighted by Crippen LogP contribution is 2.58. The van der Waals surface area contributed by atoms with Crippen LogP contribution in [0.15, 0.2) is 66.7 Å². The summed E-state index contributed by atoms with van der Waals surface area (Å²) in [5, 5.41) is 0. The van der Waals surface area contributed by atoms with Gasteiger partial charge in [-0.05, 0) is 47.2 Å². The Morgan fingerprint density at radius 2 is 1.72 bits per heavy atom. The van der Waals surface area contributed by atoms with Gasteiger partial charge in [-0.25, -0.2) is 4.39 Å². The number of amides is 1. The molecule has 3 heterocycles. The number of hydrogen-bond acceptors (Lipinski definition) is 2. The number of carbonyl (C=O) groups is 1. The topological polar surface area (TPSA) is 23.6 Å². The lowest BCUT2D eigenvalue weighted by Gasteiger charge is -2.52. The Kier molecular flexibility index (Phi) is 3.29. The van der Waals surface area contributed by atoms with Gasteiger partial charge in [-0.3, -0.25) is 4.79 Å². The van der Waals surface area contributed by atoms with Gasteiger partial charge in [0.05, 0.1) is 11.7 Å². The Bertz CT molecular complexity index is 1170. The molecule has 29 heavy (non-hydrogen) atoms. The maximum Gasteiger partial charge on any atom is 0.240 e. The maximum atomic E-state index is 14.9. The number of fused-ring (bicyclic) bond motifs is 8. The van der Waals surface area contributed by atoms with Gasteiger partial charge in [0.15, 0.2) is 0 Å². The molecular weight excluding hydrogens is 363 g/mol. The molecule has 3 aliphatic rings. The molecule has 3 aromatic carbocycles. The van der Waals surface area contributed by atoms with Gasteiger partial charge < -0.3 is 9.80 Å². The Morgan fingerprint density at radius 3 is 2.59 bits per heavy atom. The molecule has 0 bridgehead atoms. The second kappa shape index (κ2) is 5.69. The van der Waals surface area contributed by atoms with Gasteiger partial charge in [0.1, 0.15) is 11.2 Å². The molecule has 0 N–H and O–H groups in total. The van der Waals surface area contributed by atoms with Gasteiger partial charge in [-0.15, -0.1) is 0 Å². The Balaban J connectivity index is 1.71. The Morgan fingerprint density at radius 1 is 0.966 bits per heavy atom. The summed E-state index contributed by atoms with van der Waals surface area (Å²) >= 11 is 0. The molecule has 0 radical (unpaired) electrons. The smallest absolute Gasteiger partial charge is 0.240 e. The van der Waals surface area contributed by atoms with Crippen molar-refractivity contribution in [1.29, 1.82) is 0 Å². The fourth-order valence-corrected chi connectivity index (χ4v) is 5.86. The molecule has 144 valence electrons. The van der Waals surface area contributed by atoms with Crippen LogP contribution in [-0.2, 0) is 23.1 Å². The summed E-state index contributed by atoms with van der Waals surface area (Å²) in [5.41, 5.74) is 5.24. The van der Waals surface area contributed by atoms with Gasteiger partial charge in [-0.2, -0.15) is 0 Å². The molecule has 4 heteroatoms. The highest BCUT2D eigenvalue weighted by Gasteiger charge is 2.60. The molecular formula is C25H21FN2O. The van der Waals surface area contributed by atoms with E-state index in [4.69, 9.17) is 0 Å². The van der Waals surface area contributed by atoms with Gasteiger partial charge >= 0.3 is 0 Å². The summed E-state index contributed by atoms with van der Waals surface area (Å²) in [5.74, 6) is -0.344. The number of para-hydroxylation sites is 2. The van der Waals surface area contributed by atoms with E-state index in [9.17, 15) is 9.18 Å². The van der Waals surface area contributed by atoms with E-state index in [-0.39, 0.29) is 17.8 Å². The molecule has 2 atom stereocenters. The predicted octanol–water partition coefficient (Wildman–Crippen LogP) is 4.40. The summed E-state index contributed by atoms with van der Waals surface area (Å²) in [6, 6.07) is 21.8. The lowest BCUT2D eigenvalue weighted by atomic mass is 9.64. The summed E-state index contributed by atoms with van der Waals surface area (Å²) < 4.78 is 14.9. The number of hydrogen-bond donors (Lipinski definition) is 0. The monoisotopic (exact) mass is 384 g/mol. The highest BCUT2D eigenvalue weighted by atomic mass is 19.1. The third-order valence-electron chi connectivity index (χ3n) is 7.01. The number of nitrogens with zero attached hydrogens (tertiary/aromatic N) is 2. The zero-order valence-electron chi connectivity index (χ0n) is 16.2. The van der Waals surface area contributed by atoms with E-state index < -0.39 is 5.41 Å². The fourth-order valence-electron chi connectivity index (χ4n) is 5.86. The minimum Gasteiger partial charge on any atom is -0.362 e. The molecule has 0 aromatic heterocycles. The molecule has 0 saturated carbocycles. The first-order chi connectivity index (χ1) is 14.1. The summed E-state index contributed by atoms with van der Waals surface area (Å²) in [7, 11) is 1.71. The van der Waals surface area contributed by atoms with Crippen molar-refractivity contribution in [2.45, 2.75) is 24.3 Å². The first-order valence-electron chi connectivity index (χ1n) is 10.1. The van der Waals surface area contributed by atoms with Gasteiger partial charge in [0.2, 0.25) is 5.91 Å². The van der Waals surface area contributed by atoms with Crippen molar-refractivity contribution in [2.24, 2.45) is 0 Å². The van der Waals surface area contributed by atoms with E-state index in [1.54, 1.807) is 13.1 Å². The first-order valence-corrected chi connectivity index (χ1v) is 10.1. The van der Waals surface area contributed by atoms with Crippen LogP contribution < -0.4 is 9.80 Å². The lowest BCUT2D eigenvalue weighted by molar-refractivity contribution is -0.124. The van der Waals surface area contributed by atoms with Crippen molar-refractivity contribution < 1.29 is 9.18 Å². The van der Waals surface area contributed by atoms with Crippen LogP contribution in [0, 0.1) is 5.82 Å². The van der Waals surface area contributed by atoms with Crippen LogP contribution in [0.1, 0.15) is 28.3 Å². The zero-order chi connectivity index (χ0) is 19.8. The predicted molar refractivity (Wildman–Crippen MR) is 112 cm³/mol. The number of likely N-dealkylation sites (N-methyl/N-ethyl adjacent to an activating group) is 1. The van der Waals surface area contributed by atoms with Crippen molar-refractivity contribution in [3.8, 4) is 0 Å². The Labute approximate surface area is 169 Å². The van der Waals surface area contributed by atoms with Crippen LogP contribution in [0.2, 0.25) is 0 Å². The molecule has 3 nitrogen and oxygen atoms in total. The molecule has 3 aliphatic heterocycles. The van der Waals surface area contributed by atoms with Crippen molar-refractivity contribution in [1.82, 2.24) is 0 Å². The molecule has 0 fully saturated rings. The van der Waals surface area contributed by atoms with E-state index in [1.807, 2.05) is 18.2 Å². The zero-order valence-corrected chi connectivity index (χ0v) is 16.2. The minimum atomic E-state index is -0.822. The molecule has 1 spiro atoms. The lowest BCUT2D eigenvalue weighted by Crippen LogP contribution is -2.56. The van der Waals surface area contributed by atoms with Crippen molar-refractivity contribution in [3.63, 3.8) is 0 Å². The number of rotatable bonds is 0. The normalized spacial score (nSPS) is 24.2. The van der Waals surface area contributed by atoms with Gasteiger partial charge in [-0.1, -0.05) is 54.6 Å². The molecule has 0 unspecified atom stereocenters. The molecule has 6 rings (SSSR count). The highest BCUT2D eigenvalue weighted by molar-refractivity contribution is 6.09. The van der Waals surface area contributed by atoms with Crippen LogP contribution in [0.3, 0.4) is 0 Å². The SMILES string of the molecule is CN1C(=O)[C@@]2(Cc3ccccc3N3CCc4ccccc4[C@H]32)c2cccc(F)c21. The molecule has 1 amide bonds. The van der Waals surface area contributed by atoms with Crippen molar-refractivity contribution in [3.05, 3.63) is 94.8 Å². The Hall–Kier alpha value is -3.14. The third kappa shape index (κ3) is 1.99. The summed E-state index contributed by atoms with van der Waals surface area (Å²) in [6.07, 6.45) is 1.52.